The molecule has 2 rings (SSSR count). The van der Waals surface area contributed by atoms with Gasteiger partial charge >= 0.3 is 0 Å². The van der Waals surface area contributed by atoms with Crippen LogP contribution in [0.3, 0.4) is 0 Å². The van der Waals surface area contributed by atoms with Gasteiger partial charge in [0.25, 0.3) is 15.0 Å². The van der Waals surface area contributed by atoms with Crippen molar-refractivity contribution in [2.45, 2.75) is 30.8 Å². The number of halogens is 1. The minimum atomic E-state index is -3.85. The van der Waals surface area contributed by atoms with Gasteiger partial charge in [-0.05, 0) is 43.5 Å². The second-order valence-electron chi connectivity index (χ2n) is 5.22. The number of benzene rings is 1. The summed E-state index contributed by atoms with van der Waals surface area (Å²) in [6.07, 6.45) is 1.83. The van der Waals surface area contributed by atoms with Crippen molar-refractivity contribution < 1.29 is 17.9 Å². The Hall–Kier alpha value is -1.11. The van der Waals surface area contributed by atoms with Gasteiger partial charge in [-0.15, -0.1) is 0 Å². The molecule has 0 radical (unpaired) electrons. The van der Waals surface area contributed by atoms with Gasteiger partial charge in [0, 0.05) is 36.4 Å². The molecule has 1 aromatic rings. The Morgan fingerprint density at radius 1 is 1.38 bits per heavy atom. The Labute approximate surface area is 129 Å². The molecule has 21 heavy (non-hydrogen) atoms. The third-order valence-electron chi connectivity index (χ3n) is 3.58. The molecule has 1 heterocycles. The summed E-state index contributed by atoms with van der Waals surface area (Å²) >= 11 is 0. The second kappa shape index (κ2) is 6.34. The predicted molar refractivity (Wildman–Crippen MR) is 80.2 cm³/mol. The fourth-order valence-corrected chi connectivity index (χ4v) is 3.37. The van der Waals surface area contributed by atoms with Crippen LogP contribution in [-0.4, -0.2) is 45.5 Å². The smallest absolute Gasteiger partial charge is 0.261 e. The van der Waals surface area contributed by atoms with E-state index in [0.29, 0.717) is 24.2 Å². The molecule has 1 saturated heterocycles. The minimum absolute atomic E-state index is 0.0312. The van der Waals surface area contributed by atoms with Crippen LogP contribution in [0.2, 0.25) is 0 Å². The van der Waals surface area contributed by atoms with Gasteiger partial charge in [0.05, 0.1) is 11.0 Å². The Bertz CT molecular complexity index is 644. The third-order valence-corrected chi connectivity index (χ3v) is 4.91. The highest BCUT2D eigenvalue weighted by Gasteiger charge is 2.25. The molecule has 0 spiro atoms. The molecule has 116 valence electrons. The molecule has 1 aliphatic heterocycles. The zero-order valence-corrected chi connectivity index (χ0v) is 13.6. The summed E-state index contributed by atoms with van der Waals surface area (Å²) in [7, 11) is 3.14. The molecular formula is C14H18ClNO4S. The Morgan fingerprint density at radius 3 is 2.71 bits per heavy atom. The van der Waals surface area contributed by atoms with Crippen LogP contribution in [0.5, 0.6) is 0 Å². The number of hydrogen-bond donors (Lipinski definition) is 0. The van der Waals surface area contributed by atoms with E-state index in [4.69, 9.17) is 15.4 Å². The molecule has 1 aliphatic rings. The Morgan fingerprint density at radius 2 is 2.10 bits per heavy atom. The van der Waals surface area contributed by atoms with E-state index in [1.165, 1.54) is 12.1 Å². The number of aryl methyl sites for hydroxylation is 1. The maximum atomic E-state index is 12.5. The lowest BCUT2D eigenvalue weighted by Crippen LogP contribution is -2.42. The summed E-state index contributed by atoms with van der Waals surface area (Å²) in [4.78, 5) is 14.2. The van der Waals surface area contributed by atoms with Crippen LogP contribution in [0.25, 0.3) is 0 Å². The zero-order valence-electron chi connectivity index (χ0n) is 12.0. The molecule has 0 saturated carbocycles. The monoisotopic (exact) mass is 331 g/mol. The van der Waals surface area contributed by atoms with Gasteiger partial charge in [0.1, 0.15) is 0 Å². The van der Waals surface area contributed by atoms with Gasteiger partial charge in [-0.2, -0.15) is 0 Å². The number of methoxy groups -OCH3 is 1. The summed E-state index contributed by atoms with van der Waals surface area (Å²) in [6, 6.07) is 4.45. The number of piperidine rings is 1. The highest BCUT2D eigenvalue weighted by atomic mass is 35.7. The number of carbonyl (C=O) groups excluding carboxylic acids is 1. The third kappa shape index (κ3) is 3.96. The van der Waals surface area contributed by atoms with E-state index in [9.17, 15) is 13.2 Å². The van der Waals surface area contributed by atoms with Crippen molar-refractivity contribution in [3.8, 4) is 0 Å². The van der Waals surface area contributed by atoms with Crippen molar-refractivity contribution in [2.24, 2.45) is 0 Å². The van der Waals surface area contributed by atoms with Crippen molar-refractivity contribution >= 4 is 25.6 Å². The summed E-state index contributed by atoms with van der Waals surface area (Å²) in [5.41, 5.74) is 1.02. The van der Waals surface area contributed by atoms with Gasteiger partial charge in [-0.1, -0.05) is 0 Å². The molecule has 1 amide bonds. The first-order chi connectivity index (χ1) is 9.81. The lowest BCUT2D eigenvalue weighted by Gasteiger charge is -2.32. The lowest BCUT2D eigenvalue weighted by molar-refractivity contribution is 0.0269. The number of rotatable bonds is 3. The summed E-state index contributed by atoms with van der Waals surface area (Å²) < 4.78 is 28.2. The van der Waals surface area contributed by atoms with Gasteiger partial charge < -0.3 is 9.64 Å². The molecule has 0 aliphatic carbocycles. The van der Waals surface area contributed by atoms with E-state index >= 15 is 0 Å². The van der Waals surface area contributed by atoms with Crippen LogP contribution in [0.4, 0.5) is 0 Å². The van der Waals surface area contributed by atoms with Crippen molar-refractivity contribution in [3.05, 3.63) is 29.3 Å². The van der Waals surface area contributed by atoms with Crippen LogP contribution < -0.4 is 0 Å². The van der Waals surface area contributed by atoms with E-state index in [2.05, 4.69) is 0 Å². The molecule has 0 N–H and O–H groups in total. The second-order valence-corrected chi connectivity index (χ2v) is 7.79. The predicted octanol–water partition coefficient (Wildman–Crippen LogP) is 2.17. The first-order valence-electron chi connectivity index (χ1n) is 6.69. The molecule has 7 heteroatoms. The number of nitrogens with zero attached hydrogens (tertiary/aromatic N) is 1. The number of ether oxygens (including phenoxy) is 1. The number of amides is 1. The van der Waals surface area contributed by atoms with Crippen molar-refractivity contribution in [3.63, 3.8) is 0 Å². The van der Waals surface area contributed by atoms with Crippen LogP contribution in [-0.2, 0) is 13.8 Å². The molecule has 1 fully saturated rings. The summed E-state index contributed by atoms with van der Waals surface area (Å²) in [5, 5.41) is 0. The Balaban J connectivity index is 2.29. The topological polar surface area (TPSA) is 63.7 Å². The molecule has 0 bridgehead atoms. The SMILES string of the molecule is COC1CCCN(C(=O)c2cc(C)cc(S(=O)(=O)Cl)c2)C1. The van der Waals surface area contributed by atoms with E-state index in [-0.39, 0.29) is 16.9 Å². The normalized spacial score (nSPS) is 19.6. The lowest BCUT2D eigenvalue weighted by atomic mass is 10.1. The van der Waals surface area contributed by atoms with Gasteiger partial charge in [0.15, 0.2) is 0 Å². The average Bonchev–Trinajstić information content (AvgIpc) is 2.45. The largest absolute Gasteiger partial charge is 0.380 e. The van der Waals surface area contributed by atoms with Crippen LogP contribution in [0.15, 0.2) is 23.1 Å². The molecule has 1 atom stereocenters. The van der Waals surface area contributed by atoms with E-state index in [1.807, 2.05) is 0 Å². The highest BCUT2D eigenvalue weighted by Crippen LogP contribution is 2.21. The minimum Gasteiger partial charge on any atom is -0.380 e. The number of likely N-dealkylation sites (tertiary alicyclic amines) is 1. The molecule has 1 unspecified atom stereocenters. The maximum absolute atomic E-state index is 12.5. The molecule has 1 aromatic carbocycles. The number of carbonyl (C=O) groups is 1. The van der Waals surface area contributed by atoms with E-state index in [1.54, 1.807) is 25.0 Å². The average molecular weight is 332 g/mol. The summed E-state index contributed by atoms with van der Waals surface area (Å²) in [6.45, 7) is 2.90. The summed E-state index contributed by atoms with van der Waals surface area (Å²) in [5.74, 6) is -0.193. The van der Waals surface area contributed by atoms with Crippen molar-refractivity contribution in [1.82, 2.24) is 4.90 Å². The van der Waals surface area contributed by atoms with E-state index < -0.39 is 9.05 Å². The zero-order chi connectivity index (χ0) is 15.6. The van der Waals surface area contributed by atoms with Crippen molar-refractivity contribution in [2.75, 3.05) is 20.2 Å². The van der Waals surface area contributed by atoms with Crippen LogP contribution in [0.1, 0.15) is 28.8 Å². The first kappa shape index (κ1) is 16.3. The Kier molecular flexibility index (Phi) is 4.91. The maximum Gasteiger partial charge on any atom is 0.261 e. The molecular weight excluding hydrogens is 314 g/mol. The van der Waals surface area contributed by atoms with Gasteiger partial charge in [0.2, 0.25) is 0 Å². The quantitative estimate of drug-likeness (QED) is 0.796. The van der Waals surface area contributed by atoms with Crippen LogP contribution in [0, 0.1) is 6.92 Å². The molecule has 0 aromatic heterocycles. The number of hydrogen-bond acceptors (Lipinski definition) is 4. The van der Waals surface area contributed by atoms with Crippen LogP contribution >= 0.6 is 10.7 Å². The highest BCUT2D eigenvalue weighted by molar-refractivity contribution is 8.13. The fraction of sp³-hybridized carbons (Fsp3) is 0.500. The standard InChI is InChI=1S/C14H18ClNO4S/c1-10-6-11(8-13(7-10)21(15,18)19)14(17)16-5-3-4-12(9-16)20-2/h6-8,12H,3-5,9H2,1-2H3. The van der Waals surface area contributed by atoms with Gasteiger partial charge in [-0.3, -0.25) is 4.79 Å². The van der Waals surface area contributed by atoms with Crippen molar-refractivity contribution in [1.29, 1.82) is 0 Å². The fourth-order valence-electron chi connectivity index (χ4n) is 2.51. The first-order valence-corrected chi connectivity index (χ1v) is 9.00. The molecule has 5 nitrogen and oxygen atoms in total. The van der Waals surface area contributed by atoms with Gasteiger partial charge in [-0.25, -0.2) is 8.42 Å². The van der Waals surface area contributed by atoms with E-state index in [0.717, 1.165) is 12.8 Å².